The number of nitrogens with zero attached hydrogens (tertiary/aromatic N) is 2. The van der Waals surface area contributed by atoms with Gasteiger partial charge in [0, 0.05) is 75.1 Å². The number of halogens is 1. The van der Waals surface area contributed by atoms with Crippen LogP contribution in [0.3, 0.4) is 0 Å². The van der Waals surface area contributed by atoms with Crippen molar-refractivity contribution in [3.63, 3.8) is 0 Å². The minimum Gasteiger partial charge on any atom is -0.381 e. The monoisotopic (exact) mass is 477 g/mol. The van der Waals surface area contributed by atoms with Crippen molar-refractivity contribution in [3.8, 4) is 0 Å². The zero-order valence-electron chi connectivity index (χ0n) is 28.7. The normalized spacial score (nSPS) is 33.1. The van der Waals surface area contributed by atoms with Crippen molar-refractivity contribution in [2.24, 2.45) is 0 Å². The first kappa shape index (κ1) is 13.0. The number of ether oxygens (including phenoxy) is 1. The molecule has 0 radical (unpaired) electrons. The van der Waals surface area contributed by atoms with Gasteiger partial charge in [-0.2, -0.15) is 0 Å². The summed E-state index contributed by atoms with van der Waals surface area (Å²) in [5.41, 5.74) is -2.78. The van der Waals surface area contributed by atoms with Crippen molar-refractivity contribution in [2.45, 2.75) is 38.3 Å². The molecule has 2 saturated heterocycles. The van der Waals surface area contributed by atoms with E-state index in [-0.39, 0.29) is 31.2 Å². The highest BCUT2D eigenvalue weighted by Gasteiger charge is 2.39. The van der Waals surface area contributed by atoms with Gasteiger partial charge in [-0.15, -0.1) is 0 Å². The number of nitrogens with one attached hydrogen (secondary N) is 2. The molecule has 3 heterocycles. The smallest absolute Gasteiger partial charge is 0.255 e. The number of benzene rings is 2. The fourth-order valence-corrected chi connectivity index (χ4v) is 3.61. The minimum absolute atomic E-state index is 0.136. The van der Waals surface area contributed by atoms with Crippen LogP contribution in [0.2, 0.25) is 0 Å². The van der Waals surface area contributed by atoms with Gasteiger partial charge in [-0.1, -0.05) is 24.3 Å². The van der Waals surface area contributed by atoms with Gasteiger partial charge in [0.25, 0.3) is 5.91 Å². The Kier molecular flexibility index (Phi) is 3.63. The van der Waals surface area contributed by atoms with Crippen LogP contribution in [0, 0.1) is 5.82 Å². The average molecular weight is 478 g/mol. The highest BCUT2D eigenvalue weighted by molar-refractivity contribution is 6.06. The fourth-order valence-electron chi connectivity index (χ4n) is 3.61. The van der Waals surface area contributed by atoms with Crippen LogP contribution in [0.25, 0.3) is 0 Å². The molecular weight excluding hydrogens is 439 g/mol. The fraction of sp³-hybridized carbons (Fsp3) is 0.400. The van der Waals surface area contributed by atoms with Gasteiger partial charge in [0.05, 0.1) is 20.1 Å². The van der Waals surface area contributed by atoms with Crippen molar-refractivity contribution < 1.29 is 38.6 Å². The molecule has 0 aromatic heterocycles. The lowest BCUT2D eigenvalue weighted by Crippen LogP contribution is -2.52. The first-order chi connectivity index (χ1) is 20.6. The van der Waals surface area contributed by atoms with E-state index in [0.717, 1.165) is 18.2 Å². The number of rotatable bonds is 6. The van der Waals surface area contributed by atoms with Crippen LogP contribution in [-0.4, -0.2) is 59.8 Å². The number of hydrogen-bond acceptors (Lipinski definition) is 6. The van der Waals surface area contributed by atoms with Crippen LogP contribution in [0.1, 0.15) is 54.9 Å². The van der Waals surface area contributed by atoms with E-state index in [1.165, 1.54) is 28.4 Å². The van der Waals surface area contributed by atoms with Crippen molar-refractivity contribution in [1.82, 2.24) is 15.1 Å². The molecule has 2 aromatic rings. The predicted molar refractivity (Wildman–Crippen MR) is 122 cm³/mol. The number of carbonyl (C=O) groups excluding carboxylic acids is 3. The van der Waals surface area contributed by atoms with Crippen LogP contribution in [0.4, 0.5) is 10.1 Å². The van der Waals surface area contributed by atoms with E-state index in [9.17, 15) is 14.4 Å². The summed E-state index contributed by atoms with van der Waals surface area (Å²) in [7, 11) is 0. The second-order valence-corrected chi connectivity index (χ2v) is 7.49. The molecule has 9 heteroatoms. The molecule has 3 aliphatic rings. The SMILES string of the molecule is [2H]C([2H])(Nc1cccc2c1C([2H])([2H])N(C1([2H])C(=O)NC(=O)C([2H])([2H])C1([2H])[2H])C2=O)c1cccc(C([2H])([2H])N2CCOCC2)c1F. The van der Waals surface area contributed by atoms with Crippen LogP contribution in [0.15, 0.2) is 36.4 Å². The lowest BCUT2D eigenvalue weighted by molar-refractivity contribution is -0.136. The Hall–Kier alpha value is -3.30. The average Bonchev–Trinajstić information content (AvgIpc) is 3.17. The Balaban J connectivity index is 1.56. The van der Waals surface area contributed by atoms with Gasteiger partial charge in [0.1, 0.15) is 11.8 Å². The molecule has 1 unspecified atom stereocenters. The molecule has 0 saturated carbocycles. The van der Waals surface area contributed by atoms with Crippen molar-refractivity contribution in [2.75, 3.05) is 31.6 Å². The van der Waals surface area contributed by atoms with Gasteiger partial charge in [-0.05, 0) is 18.5 Å². The molecule has 0 spiro atoms. The van der Waals surface area contributed by atoms with E-state index in [1.54, 1.807) is 0 Å². The Labute approximate surface area is 212 Å². The Morgan fingerprint density at radius 2 is 1.94 bits per heavy atom. The lowest BCUT2D eigenvalue weighted by atomic mass is 10.0. The quantitative estimate of drug-likeness (QED) is 0.619. The zero-order valence-corrected chi connectivity index (χ0v) is 17.7. The van der Waals surface area contributed by atoms with E-state index in [4.69, 9.17) is 19.8 Å². The molecule has 2 N–H and O–H groups in total. The third kappa shape index (κ3) is 4.41. The molecule has 2 fully saturated rings. The summed E-state index contributed by atoms with van der Waals surface area (Å²) in [6.45, 7) is -7.78. The van der Waals surface area contributed by atoms with Gasteiger partial charge < -0.3 is 15.0 Å². The van der Waals surface area contributed by atoms with Gasteiger partial charge in [0.15, 0.2) is 0 Å². The summed E-state index contributed by atoms with van der Waals surface area (Å²) in [6, 6.07) is 3.17. The van der Waals surface area contributed by atoms with E-state index in [2.05, 4.69) is 5.32 Å². The summed E-state index contributed by atoms with van der Waals surface area (Å²) in [5.74, 6) is -6.17. The molecule has 3 aliphatic heterocycles. The number of anilines is 1. The van der Waals surface area contributed by atoms with Crippen LogP contribution >= 0.6 is 0 Å². The maximum atomic E-state index is 15.9. The molecule has 3 amide bonds. The van der Waals surface area contributed by atoms with Crippen LogP contribution in [0.5, 0.6) is 0 Å². The van der Waals surface area contributed by atoms with Crippen LogP contribution in [-0.2, 0) is 33.8 Å². The van der Waals surface area contributed by atoms with Crippen molar-refractivity contribution in [3.05, 3.63) is 64.5 Å². The summed E-state index contributed by atoms with van der Waals surface area (Å²) >= 11 is 0. The molecule has 8 nitrogen and oxygen atoms in total. The van der Waals surface area contributed by atoms with Crippen molar-refractivity contribution in [1.29, 1.82) is 0 Å². The molecular formula is C25H27FN4O4. The summed E-state index contributed by atoms with van der Waals surface area (Å²) in [4.78, 5) is 39.8. The number of piperidine rings is 1. The van der Waals surface area contributed by atoms with Gasteiger partial charge in [-0.3, -0.25) is 24.6 Å². The molecule has 5 rings (SSSR count). The third-order valence-electron chi connectivity index (χ3n) is 5.30. The third-order valence-corrected chi connectivity index (χ3v) is 5.30. The number of carbonyl (C=O) groups is 3. The van der Waals surface area contributed by atoms with Gasteiger partial charge in [0.2, 0.25) is 11.8 Å². The first-order valence-corrected chi connectivity index (χ1v) is 10.4. The molecule has 0 aliphatic carbocycles. The van der Waals surface area contributed by atoms with E-state index >= 15 is 4.39 Å². The molecule has 1 atom stereocenters. The molecule has 0 bridgehead atoms. The number of imide groups is 1. The largest absolute Gasteiger partial charge is 0.381 e. The number of morpholine rings is 1. The standard InChI is InChI=1S/C25H27FN4O4/c26-23-16(3-1-4-17(23)14-29-9-11-34-12-10-29)13-27-20-6-2-5-18-19(20)15-30(25(18)33)21-7-8-22(31)28-24(21)32/h1-6,21,27H,7-15H2,(H,28,31,32)/i7D2,8D2,13D2,14D2,15D2,21D. The Morgan fingerprint density at radius 3 is 2.76 bits per heavy atom. The summed E-state index contributed by atoms with van der Waals surface area (Å²) in [5, 5.41) is 3.84. The number of fused-ring (bicyclic) bond motifs is 1. The highest BCUT2D eigenvalue weighted by Crippen LogP contribution is 2.32. The predicted octanol–water partition coefficient (Wildman–Crippen LogP) is 2.03. The zero-order chi connectivity index (χ0) is 33.5. The second kappa shape index (κ2) is 9.52. The van der Waals surface area contributed by atoms with E-state index < -0.39 is 89.7 Å². The van der Waals surface area contributed by atoms with E-state index in [0.29, 0.717) is 0 Å². The Morgan fingerprint density at radius 1 is 1.18 bits per heavy atom. The molecule has 34 heavy (non-hydrogen) atoms. The molecule has 178 valence electrons. The number of amides is 3. The van der Waals surface area contributed by atoms with Gasteiger partial charge >= 0.3 is 0 Å². The highest BCUT2D eigenvalue weighted by atomic mass is 19.1. The lowest BCUT2D eigenvalue weighted by Gasteiger charge is -2.29. The van der Waals surface area contributed by atoms with Gasteiger partial charge in [-0.25, -0.2) is 4.39 Å². The topological polar surface area (TPSA) is 91.0 Å². The summed E-state index contributed by atoms with van der Waals surface area (Å²) in [6.07, 6.45) is -7.32. The second-order valence-electron chi connectivity index (χ2n) is 7.49. The van der Waals surface area contributed by atoms with Crippen molar-refractivity contribution >= 4 is 23.4 Å². The van der Waals surface area contributed by atoms with E-state index in [1.807, 2.05) is 0 Å². The minimum atomic E-state index is -3.77. The number of hydrogen-bond donors (Lipinski definition) is 2. The summed E-state index contributed by atoms with van der Waals surface area (Å²) < 4.78 is 114. The first-order valence-electron chi connectivity index (χ1n) is 15.9. The maximum absolute atomic E-state index is 15.9. The molecule has 2 aromatic carbocycles. The Bertz CT molecular complexity index is 1600. The maximum Gasteiger partial charge on any atom is 0.255 e. The van der Waals surface area contributed by atoms with Crippen LogP contribution < -0.4 is 10.6 Å².